The van der Waals surface area contributed by atoms with Crippen molar-refractivity contribution in [2.45, 2.75) is 18.7 Å². The van der Waals surface area contributed by atoms with E-state index >= 15 is 0 Å². The molecule has 0 fully saturated rings. The first-order valence-electron chi connectivity index (χ1n) is 7.65. The van der Waals surface area contributed by atoms with Gasteiger partial charge in [0, 0.05) is 13.0 Å². The van der Waals surface area contributed by atoms with Gasteiger partial charge >= 0.3 is 0 Å². The average molecular weight is 391 g/mol. The minimum atomic E-state index is -3.74. The molecule has 0 aliphatic carbocycles. The Morgan fingerprint density at radius 3 is 2.62 bits per heavy atom. The lowest BCUT2D eigenvalue weighted by atomic mass is 10.2. The predicted molar refractivity (Wildman–Crippen MR) is 102 cm³/mol. The number of thiazole rings is 1. The van der Waals surface area contributed by atoms with E-state index in [1.807, 2.05) is 0 Å². The molecule has 0 radical (unpaired) electrons. The largest absolute Gasteiger partial charge is 0.494 e. The van der Waals surface area contributed by atoms with Crippen LogP contribution in [0.1, 0.15) is 12.5 Å². The van der Waals surface area contributed by atoms with Crippen molar-refractivity contribution in [1.29, 1.82) is 0 Å². The molecule has 0 bridgehead atoms. The number of aryl methyl sites for hydroxylation is 1. The number of amides is 1. The van der Waals surface area contributed by atoms with Crippen molar-refractivity contribution in [2.75, 3.05) is 17.1 Å². The van der Waals surface area contributed by atoms with E-state index in [2.05, 4.69) is 15.0 Å². The third-order valence-corrected chi connectivity index (χ3v) is 6.06. The molecule has 0 aliphatic heterocycles. The van der Waals surface area contributed by atoms with Crippen LogP contribution in [0.25, 0.3) is 10.2 Å². The van der Waals surface area contributed by atoms with Crippen LogP contribution in [0.2, 0.25) is 0 Å². The lowest BCUT2D eigenvalue weighted by Crippen LogP contribution is -2.14. The molecule has 0 atom stereocenters. The second-order valence-corrected chi connectivity index (χ2v) is 8.28. The summed E-state index contributed by atoms with van der Waals surface area (Å²) >= 11 is 1.24. The third kappa shape index (κ3) is 3.63. The van der Waals surface area contributed by atoms with Gasteiger partial charge in [0.2, 0.25) is 5.91 Å². The van der Waals surface area contributed by atoms with Gasteiger partial charge in [0.15, 0.2) is 5.13 Å². The van der Waals surface area contributed by atoms with Gasteiger partial charge in [-0.2, -0.15) is 0 Å². The van der Waals surface area contributed by atoms with Gasteiger partial charge in [0.05, 0.1) is 22.4 Å². The summed E-state index contributed by atoms with van der Waals surface area (Å²) in [5, 5.41) is 3.04. The summed E-state index contributed by atoms with van der Waals surface area (Å²) < 4.78 is 34.0. The highest BCUT2D eigenvalue weighted by Crippen LogP contribution is 2.36. The summed E-state index contributed by atoms with van der Waals surface area (Å²) in [5.41, 5.74) is 1.56. The fourth-order valence-corrected chi connectivity index (χ4v) is 4.74. The van der Waals surface area contributed by atoms with Crippen molar-refractivity contribution >= 4 is 48.3 Å². The van der Waals surface area contributed by atoms with Gasteiger partial charge in [-0.1, -0.05) is 29.5 Å². The molecule has 0 saturated heterocycles. The van der Waals surface area contributed by atoms with E-state index in [1.165, 1.54) is 25.4 Å². The summed E-state index contributed by atoms with van der Waals surface area (Å²) in [6.07, 6.45) is 0. The van der Waals surface area contributed by atoms with Crippen LogP contribution in [-0.2, 0) is 14.8 Å². The Labute approximate surface area is 155 Å². The lowest BCUT2D eigenvalue weighted by Gasteiger charge is -2.11. The second-order valence-electron chi connectivity index (χ2n) is 5.60. The molecule has 1 amide bonds. The lowest BCUT2D eigenvalue weighted by molar-refractivity contribution is -0.114. The zero-order valence-electron chi connectivity index (χ0n) is 14.4. The molecule has 2 N–H and O–H groups in total. The molecule has 0 aliphatic rings. The van der Waals surface area contributed by atoms with Crippen LogP contribution >= 0.6 is 11.3 Å². The topological polar surface area (TPSA) is 97.4 Å². The van der Waals surface area contributed by atoms with E-state index in [9.17, 15) is 13.2 Å². The highest BCUT2D eigenvalue weighted by Gasteiger charge is 2.19. The monoisotopic (exact) mass is 391 g/mol. The first-order chi connectivity index (χ1) is 12.3. The van der Waals surface area contributed by atoms with Gasteiger partial charge in [-0.05, 0) is 24.6 Å². The maximum atomic E-state index is 12.7. The molecule has 0 unspecified atom stereocenters. The van der Waals surface area contributed by atoms with Gasteiger partial charge in [-0.15, -0.1) is 0 Å². The molecule has 7 nitrogen and oxygen atoms in total. The molecular formula is C17H17N3O4S2. The molecule has 0 spiro atoms. The van der Waals surface area contributed by atoms with Crippen LogP contribution < -0.4 is 14.8 Å². The number of ether oxygens (including phenoxy) is 1. The van der Waals surface area contributed by atoms with Gasteiger partial charge in [0.1, 0.15) is 11.3 Å². The summed E-state index contributed by atoms with van der Waals surface area (Å²) in [6, 6.07) is 9.97. The number of hydrogen-bond donors (Lipinski definition) is 2. The minimum absolute atomic E-state index is 0.210. The zero-order chi connectivity index (χ0) is 18.9. The number of carbonyl (C=O) groups is 1. The minimum Gasteiger partial charge on any atom is -0.494 e. The maximum Gasteiger partial charge on any atom is 0.262 e. The Kier molecular flexibility index (Phi) is 4.84. The first-order valence-corrected chi connectivity index (χ1v) is 9.95. The van der Waals surface area contributed by atoms with Crippen LogP contribution in [0, 0.1) is 6.92 Å². The fourth-order valence-electron chi connectivity index (χ4n) is 2.49. The highest BCUT2D eigenvalue weighted by atomic mass is 32.2. The summed E-state index contributed by atoms with van der Waals surface area (Å²) in [6.45, 7) is 3.13. The fraction of sp³-hybridized carbons (Fsp3) is 0.176. The number of fused-ring (bicyclic) bond motifs is 1. The van der Waals surface area contributed by atoms with Crippen molar-refractivity contribution in [1.82, 2.24) is 4.98 Å². The number of methoxy groups -OCH3 is 1. The first kappa shape index (κ1) is 18.2. The molecular weight excluding hydrogens is 374 g/mol. The van der Waals surface area contributed by atoms with Gasteiger partial charge in [-0.3, -0.25) is 9.52 Å². The summed E-state index contributed by atoms with van der Waals surface area (Å²) in [4.78, 5) is 15.7. The Balaban J connectivity index is 2.02. The van der Waals surface area contributed by atoms with Crippen molar-refractivity contribution in [3.05, 3.63) is 42.0 Å². The number of carbonyl (C=O) groups excluding carboxylic acids is 1. The molecule has 0 saturated carbocycles. The Morgan fingerprint density at radius 2 is 1.96 bits per heavy atom. The molecule has 1 heterocycles. The van der Waals surface area contributed by atoms with Crippen LogP contribution in [0.3, 0.4) is 0 Å². The van der Waals surface area contributed by atoms with Crippen molar-refractivity contribution in [2.24, 2.45) is 0 Å². The molecule has 2 aromatic carbocycles. The van der Waals surface area contributed by atoms with E-state index in [1.54, 1.807) is 43.3 Å². The quantitative estimate of drug-likeness (QED) is 0.695. The van der Waals surface area contributed by atoms with E-state index in [-0.39, 0.29) is 10.8 Å². The normalized spacial score (nSPS) is 11.3. The van der Waals surface area contributed by atoms with Crippen LogP contribution in [-0.4, -0.2) is 26.4 Å². The van der Waals surface area contributed by atoms with Gasteiger partial charge in [-0.25, -0.2) is 13.4 Å². The number of benzene rings is 2. The second kappa shape index (κ2) is 6.93. The Hall–Kier alpha value is -2.65. The molecule has 136 valence electrons. The molecule has 1 aromatic heterocycles. The zero-order valence-corrected chi connectivity index (χ0v) is 16.0. The predicted octanol–water partition coefficient (Wildman–Crippen LogP) is 3.37. The number of nitrogens with one attached hydrogen (secondary N) is 2. The smallest absolute Gasteiger partial charge is 0.262 e. The number of anilines is 2. The van der Waals surface area contributed by atoms with Crippen LogP contribution in [0.5, 0.6) is 5.75 Å². The molecule has 3 aromatic rings. The highest BCUT2D eigenvalue weighted by molar-refractivity contribution is 7.92. The average Bonchev–Trinajstić information content (AvgIpc) is 2.95. The van der Waals surface area contributed by atoms with Gasteiger partial charge < -0.3 is 10.1 Å². The number of sulfonamides is 1. The molecule has 9 heteroatoms. The number of rotatable bonds is 5. The number of hydrogen-bond acceptors (Lipinski definition) is 6. The SMILES string of the molecule is COc1cc(NS(=O)(=O)c2ccccc2C)cc2sc(NC(C)=O)nc12. The maximum absolute atomic E-state index is 12.7. The third-order valence-electron chi connectivity index (χ3n) is 3.60. The van der Waals surface area contributed by atoms with E-state index in [4.69, 9.17) is 4.74 Å². The van der Waals surface area contributed by atoms with Crippen LogP contribution in [0.15, 0.2) is 41.3 Å². The standard InChI is InChI=1S/C17H17N3O4S2/c1-10-6-4-5-7-15(10)26(22,23)20-12-8-13(24-3)16-14(9-12)25-17(19-16)18-11(2)21/h4-9,20H,1-3H3,(H,18,19,21). The Morgan fingerprint density at radius 1 is 1.23 bits per heavy atom. The van der Waals surface area contributed by atoms with E-state index in [0.717, 1.165) is 0 Å². The van der Waals surface area contributed by atoms with E-state index < -0.39 is 10.0 Å². The molecule has 26 heavy (non-hydrogen) atoms. The van der Waals surface area contributed by atoms with Crippen molar-refractivity contribution in [3.63, 3.8) is 0 Å². The number of nitrogens with zero attached hydrogens (tertiary/aromatic N) is 1. The summed E-state index contributed by atoms with van der Waals surface area (Å²) in [7, 11) is -2.26. The van der Waals surface area contributed by atoms with E-state index in [0.29, 0.717) is 32.3 Å². The number of aromatic nitrogens is 1. The van der Waals surface area contributed by atoms with Crippen LogP contribution in [0.4, 0.5) is 10.8 Å². The molecule has 3 rings (SSSR count). The van der Waals surface area contributed by atoms with Gasteiger partial charge in [0.25, 0.3) is 10.0 Å². The van der Waals surface area contributed by atoms with Crippen molar-refractivity contribution in [3.8, 4) is 5.75 Å². The Bertz CT molecular complexity index is 1090. The van der Waals surface area contributed by atoms with Crippen molar-refractivity contribution < 1.29 is 17.9 Å². The summed E-state index contributed by atoms with van der Waals surface area (Å²) in [5.74, 6) is 0.182.